The summed E-state index contributed by atoms with van der Waals surface area (Å²) in [6.45, 7) is 3.08. The molecule has 0 spiro atoms. The summed E-state index contributed by atoms with van der Waals surface area (Å²) < 4.78 is 1.90. The molecule has 0 saturated heterocycles. The molecule has 3 aromatic rings. The fourth-order valence-corrected chi connectivity index (χ4v) is 3.43. The molecule has 1 aromatic heterocycles. The highest BCUT2D eigenvalue weighted by atomic mass is 32.2. The van der Waals surface area contributed by atoms with Gasteiger partial charge in [-0.05, 0) is 18.1 Å². The van der Waals surface area contributed by atoms with E-state index in [1.165, 1.54) is 11.8 Å². The van der Waals surface area contributed by atoms with Crippen molar-refractivity contribution in [2.24, 2.45) is 7.05 Å². The van der Waals surface area contributed by atoms with Gasteiger partial charge in [0.15, 0.2) is 5.16 Å². The maximum atomic E-state index is 12.9. The molecule has 134 valence electrons. The molecule has 1 heterocycles. The summed E-state index contributed by atoms with van der Waals surface area (Å²) in [7, 11) is 1.91. The van der Waals surface area contributed by atoms with E-state index in [9.17, 15) is 4.79 Å². The summed E-state index contributed by atoms with van der Waals surface area (Å²) in [5.74, 6) is 1.26. The Bertz CT molecular complexity index is 807. The van der Waals surface area contributed by atoms with Crippen molar-refractivity contribution in [3.05, 3.63) is 77.6 Å². The molecule has 2 aromatic carbocycles. The maximum Gasteiger partial charge on any atom is 0.233 e. The van der Waals surface area contributed by atoms with E-state index in [4.69, 9.17) is 0 Å². The van der Waals surface area contributed by atoms with Crippen LogP contribution in [0.25, 0.3) is 0 Å². The van der Waals surface area contributed by atoms with Crippen LogP contribution >= 0.6 is 11.8 Å². The zero-order chi connectivity index (χ0) is 18.4. The molecular formula is C20H22N4OS. The molecule has 0 radical (unpaired) electrons. The summed E-state index contributed by atoms with van der Waals surface area (Å²) in [6.07, 6.45) is 0. The lowest BCUT2D eigenvalue weighted by Gasteiger charge is -2.23. The van der Waals surface area contributed by atoms with Gasteiger partial charge in [-0.2, -0.15) is 0 Å². The monoisotopic (exact) mass is 366 g/mol. The summed E-state index contributed by atoms with van der Waals surface area (Å²) in [5.41, 5.74) is 2.24. The average Bonchev–Trinajstić information content (AvgIpc) is 2.99. The van der Waals surface area contributed by atoms with Crippen LogP contribution in [0.3, 0.4) is 0 Å². The van der Waals surface area contributed by atoms with E-state index in [-0.39, 0.29) is 5.91 Å². The molecule has 0 saturated carbocycles. The predicted octanol–water partition coefficient (Wildman–Crippen LogP) is 3.44. The third-order valence-electron chi connectivity index (χ3n) is 4.16. The van der Waals surface area contributed by atoms with Gasteiger partial charge in [-0.25, -0.2) is 0 Å². The third kappa shape index (κ3) is 4.73. The van der Waals surface area contributed by atoms with Crippen molar-refractivity contribution in [1.29, 1.82) is 0 Å². The second-order valence-electron chi connectivity index (χ2n) is 6.10. The SMILES string of the molecule is Cc1nnc(SCC(=O)N(Cc2ccccc2)Cc2ccccc2)n1C. The fourth-order valence-electron chi connectivity index (χ4n) is 2.57. The number of aromatic nitrogens is 3. The molecule has 3 rings (SSSR count). The van der Waals surface area contributed by atoms with Gasteiger partial charge >= 0.3 is 0 Å². The second-order valence-corrected chi connectivity index (χ2v) is 7.04. The van der Waals surface area contributed by atoms with Gasteiger partial charge in [0.2, 0.25) is 5.91 Å². The first kappa shape index (κ1) is 18.2. The number of benzene rings is 2. The summed E-state index contributed by atoms with van der Waals surface area (Å²) in [5, 5.41) is 8.92. The van der Waals surface area contributed by atoms with E-state index in [1.807, 2.05) is 84.1 Å². The summed E-state index contributed by atoms with van der Waals surface area (Å²) >= 11 is 1.42. The molecule has 0 fully saturated rings. The first-order valence-corrected chi connectivity index (χ1v) is 9.46. The molecule has 0 aliphatic carbocycles. The average molecular weight is 366 g/mol. The number of aryl methyl sites for hydroxylation is 1. The van der Waals surface area contributed by atoms with Crippen LogP contribution in [0, 0.1) is 6.92 Å². The van der Waals surface area contributed by atoms with Gasteiger partial charge in [-0.3, -0.25) is 4.79 Å². The fraction of sp³-hybridized carbons (Fsp3) is 0.250. The second kappa shape index (κ2) is 8.67. The smallest absolute Gasteiger partial charge is 0.233 e. The molecule has 0 unspecified atom stereocenters. The first-order valence-electron chi connectivity index (χ1n) is 8.48. The lowest BCUT2D eigenvalue weighted by molar-refractivity contribution is -0.129. The number of thioether (sulfide) groups is 1. The minimum absolute atomic E-state index is 0.0864. The van der Waals surface area contributed by atoms with Gasteiger partial charge in [-0.1, -0.05) is 72.4 Å². The molecule has 0 atom stereocenters. The van der Waals surface area contributed by atoms with E-state index in [0.29, 0.717) is 18.8 Å². The van der Waals surface area contributed by atoms with E-state index >= 15 is 0 Å². The molecule has 1 amide bonds. The van der Waals surface area contributed by atoms with Crippen LogP contribution < -0.4 is 0 Å². The first-order chi connectivity index (χ1) is 12.6. The Kier molecular flexibility index (Phi) is 6.07. The van der Waals surface area contributed by atoms with Crippen LogP contribution in [-0.2, 0) is 24.9 Å². The lowest BCUT2D eigenvalue weighted by Crippen LogP contribution is -2.31. The number of rotatable bonds is 7. The van der Waals surface area contributed by atoms with Crippen LogP contribution in [0.2, 0.25) is 0 Å². The number of carbonyl (C=O) groups excluding carboxylic acids is 1. The zero-order valence-electron chi connectivity index (χ0n) is 15.0. The number of amides is 1. The van der Waals surface area contributed by atoms with E-state index < -0.39 is 0 Å². The van der Waals surface area contributed by atoms with E-state index in [0.717, 1.165) is 22.1 Å². The Labute approximate surface area is 158 Å². The predicted molar refractivity (Wildman–Crippen MR) is 104 cm³/mol. The summed E-state index contributed by atoms with van der Waals surface area (Å²) in [6, 6.07) is 20.1. The van der Waals surface area contributed by atoms with Crippen LogP contribution in [0.5, 0.6) is 0 Å². The topological polar surface area (TPSA) is 51.0 Å². The van der Waals surface area contributed by atoms with E-state index in [1.54, 1.807) is 0 Å². The molecule has 26 heavy (non-hydrogen) atoms. The normalized spacial score (nSPS) is 10.7. The van der Waals surface area contributed by atoms with Gasteiger partial charge < -0.3 is 9.47 Å². The van der Waals surface area contributed by atoms with Crippen molar-refractivity contribution >= 4 is 17.7 Å². The van der Waals surface area contributed by atoms with Gasteiger partial charge in [0, 0.05) is 20.1 Å². The van der Waals surface area contributed by atoms with Crippen molar-refractivity contribution in [2.75, 3.05) is 5.75 Å². The van der Waals surface area contributed by atoms with Crippen molar-refractivity contribution in [2.45, 2.75) is 25.2 Å². The minimum atomic E-state index is 0.0864. The van der Waals surface area contributed by atoms with Crippen molar-refractivity contribution in [1.82, 2.24) is 19.7 Å². The van der Waals surface area contributed by atoms with Gasteiger partial charge in [-0.15, -0.1) is 10.2 Å². The summed E-state index contributed by atoms with van der Waals surface area (Å²) in [4.78, 5) is 14.8. The van der Waals surface area contributed by atoms with Crippen molar-refractivity contribution < 1.29 is 4.79 Å². The number of carbonyl (C=O) groups is 1. The molecular weight excluding hydrogens is 344 g/mol. The van der Waals surface area contributed by atoms with Crippen LogP contribution in [0.15, 0.2) is 65.8 Å². The largest absolute Gasteiger partial charge is 0.333 e. The van der Waals surface area contributed by atoms with Crippen molar-refractivity contribution in [3.8, 4) is 0 Å². The van der Waals surface area contributed by atoms with Crippen LogP contribution in [0.1, 0.15) is 17.0 Å². The standard InChI is InChI=1S/C20H22N4OS/c1-16-21-22-20(23(16)2)26-15-19(25)24(13-17-9-5-3-6-10-17)14-18-11-7-4-8-12-18/h3-12H,13-15H2,1-2H3. The Balaban J connectivity index is 1.71. The number of hydrogen-bond donors (Lipinski definition) is 0. The molecule has 0 aliphatic rings. The molecule has 5 nitrogen and oxygen atoms in total. The number of hydrogen-bond acceptors (Lipinski definition) is 4. The highest BCUT2D eigenvalue weighted by molar-refractivity contribution is 7.99. The quantitative estimate of drug-likeness (QED) is 0.601. The minimum Gasteiger partial charge on any atom is -0.333 e. The Hall–Kier alpha value is -2.60. The molecule has 0 bridgehead atoms. The van der Waals surface area contributed by atoms with E-state index in [2.05, 4.69) is 10.2 Å². The zero-order valence-corrected chi connectivity index (χ0v) is 15.8. The molecule has 0 aliphatic heterocycles. The Morgan fingerprint density at radius 3 is 1.96 bits per heavy atom. The van der Waals surface area contributed by atoms with Gasteiger partial charge in [0.1, 0.15) is 5.82 Å². The maximum absolute atomic E-state index is 12.9. The lowest BCUT2D eigenvalue weighted by atomic mass is 10.1. The van der Waals surface area contributed by atoms with Gasteiger partial charge in [0.05, 0.1) is 5.75 Å². The van der Waals surface area contributed by atoms with Crippen LogP contribution in [0.4, 0.5) is 0 Å². The van der Waals surface area contributed by atoms with Crippen LogP contribution in [-0.4, -0.2) is 31.3 Å². The van der Waals surface area contributed by atoms with Gasteiger partial charge in [0.25, 0.3) is 0 Å². The number of nitrogens with zero attached hydrogens (tertiary/aromatic N) is 4. The Morgan fingerprint density at radius 2 is 1.50 bits per heavy atom. The highest BCUT2D eigenvalue weighted by Crippen LogP contribution is 2.18. The van der Waals surface area contributed by atoms with Crippen molar-refractivity contribution in [3.63, 3.8) is 0 Å². The molecule has 0 N–H and O–H groups in total. The Morgan fingerprint density at radius 1 is 0.962 bits per heavy atom. The molecule has 6 heteroatoms. The third-order valence-corrected chi connectivity index (χ3v) is 5.17. The highest BCUT2D eigenvalue weighted by Gasteiger charge is 2.17.